The summed E-state index contributed by atoms with van der Waals surface area (Å²) in [5.41, 5.74) is -3.18. The molecule has 1 N–H and O–H groups in total. The molecular weight excluding hydrogens is 638 g/mol. The van der Waals surface area contributed by atoms with Gasteiger partial charge >= 0.3 is 24.3 Å². The summed E-state index contributed by atoms with van der Waals surface area (Å²) in [6.07, 6.45) is -6.62. The average molecular weight is 666 g/mol. The monoisotopic (exact) mass is 665 g/mol. The summed E-state index contributed by atoms with van der Waals surface area (Å²) in [5, 5.41) is 10.2. The molecule has 6 nitrogen and oxygen atoms in total. The fraction of sp³-hybridized carbons (Fsp3) is 0.364. The van der Waals surface area contributed by atoms with E-state index in [1.165, 1.54) is 13.2 Å². The van der Waals surface area contributed by atoms with Gasteiger partial charge in [0.1, 0.15) is 22.2 Å². The van der Waals surface area contributed by atoms with Crippen LogP contribution in [0, 0.1) is 23.2 Å². The van der Waals surface area contributed by atoms with E-state index in [0.717, 1.165) is 67.4 Å². The maximum atomic E-state index is 13.8. The first-order valence-electron chi connectivity index (χ1n) is 14.4. The quantitative estimate of drug-likeness (QED) is 0.120. The van der Waals surface area contributed by atoms with Crippen molar-refractivity contribution in [1.29, 1.82) is 0 Å². The highest BCUT2D eigenvalue weighted by atomic mass is 32.2. The van der Waals surface area contributed by atoms with Crippen LogP contribution in [0.1, 0.15) is 53.6 Å². The normalized spacial score (nSPS) is 23.9. The molecule has 0 spiro atoms. The number of hydrogen-bond acceptors (Lipinski definition) is 5. The summed E-state index contributed by atoms with van der Waals surface area (Å²) in [4.78, 5) is 39.4. The average Bonchev–Trinajstić information content (AvgIpc) is 2.99. The van der Waals surface area contributed by atoms with Gasteiger partial charge < -0.3 is 14.6 Å². The van der Waals surface area contributed by atoms with Crippen molar-refractivity contribution in [3.8, 4) is 11.5 Å². The number of hydrogen-bond donors (Lipinski definition) is 1. The van der Waals surface area contributed by atoms with Gasteiger partial charge in [-0.15, -0.1) is 0 Å². The molecule has 0 heterocycles. The lowest BCUT2D eigenvalue weighted by Gasteiger charge is -2.53. The van der Waals surface area contributed by atoms with E-state index in [-0.39, 0.29) is 55.3 Å². The number of rotatable bonds is 7. The number of ketones is 1. The molecular formula is C33H27F6O6S+. The number of Topliss-reactive ketones (excluding diaryl/α,β-unsaturated/α-hetero) is 1. The number of aromatic carboxylic acids is 1. The van der Waals surface area contributed by atoms with Crippen molar-refractivity contribution in [3.63, 3.8) is 0 Å². The van der Waals surface area contributed by atoms with E-state index in [1.807, 2.05) is 0 Å². The van der Waals surface area contributed by atoms with E-state index in [9.17, 15) is 45.8 Å². The largest absolute Gasteiger partial charge is 0.493 e. The fourth-order valence-corrected chi connectivity index (χ4v) is 9.46. The maximum Gasteiger partial charge on any atom is 0.416 e. The van der Waals surface area contributed by atoms with Gasteiger partial charge in [0.15, 0.2) is 26.2 Å². The van der Waals surface area contributed by atoms with Crippen LogP contribution in [0.4, 0.5) is 26.3 Å². The first kappa shape index (κ1) is 32.0. The van der Waals surface area contributed by atoms with Crippen LogP contribution in [0.2, 0.25) is 0 Å². The van der Waals surface area contributed by atoms with E-state index < -0.39 is 51.7 Å². The van der Waals surface area contributed by atoms with Crippen LogP contribution in [-0.2, 0) is 32.8 Å². The molecule has 3 aromatic rings. The molecule has 0 amide bonds. The van der Waals surface area contributed by atoms with Crippen molar-refractivity contribution in [2.45, 2.75) is 59.1 Å². The number of ether oxygens (including phenoxy) is 2. The molecule has 7 rings (SSSR count). The lowest BCUT2D eigenvalue weighted by molar-refractivity contribution is -0.167. The maximum absolute atomic E-state index is 13.8. The number of carboxylic acids is 1. The van der Waals surface area contributed by atoms with Gasteiger partial charge in [-0.25, -0.2) is 4.79 Å². The van der Waals surface area contributed by atoms with Gasteiger partial charge in [-0.1, -0.05) is 0 Å². The molecule has 0 aromatic heterocycles. The van der Waals surface area contributed by atoms with Crippen molar-refractivity contribution < 1.29 is 55.3 Å². The Balaban J connectivity index is 1.46. The van der Waals surface area contributed by atoms with Crippen molar-refractivity contribution in [3.05, 3.63) is 77.4 Å². The zero-order chi connectivity index (χ0) is 33.2. The highest BCUT2D eigenvalue weighted by Crippen LogP contribution is 2.59. The zero-order valence-electron chi connectivity index (χ0n) is 24.2. The van der Waals surface area contributed by atoms with E-state index in [4.69, 9.17) is 9.47 Å². The van der Waals surface area contributed by atoms with Gasteiger partial charge in [0.25, 0.3) is 0 Å². The van der Waals surface area contributed by atoms with Gasteiger partial charge in [-0.3, -0.25) is 9.59 Å². The van der Waals surface area contributed by atoms with Crippen LogP contribution in [0.3, 0.4) is 0 Å². The standard InChI is InChI=1S/C33H26F6O6S/c1-44-25-12-24(29(41)42)27(13-26(25)45-30(43)31-14-17-10-18(15-31)28(40)19(11-17)16-31)46(22-6-2-20(3-7-22)32(34,35)36)23-8-4-21(5-9-23)33(37,38)39/h2-9,12-13,17-19H,10-11,14-16H2,1H3/p+1. The summed E-state index contributed by atoms with van der Waals surface area (Å²) < 4.78 is 91.6. The molecule has 46 heavy (non-hydrogen) atoms. The Hall–Kier alpha value is -4.00. The minimum Gasteiger partial charge on any atom is -0.493 e. The van der Waals surface area contributed by atoms with Crippen molar-refractivity contribution in [2.75, 3.05) is 7.11 Å². The smallest absolute Gasteiger partial charge is 0.416 e. The molecule has 2 atom stereocenters. The van der Waals surface area contributed by atoms with Crippen LogP contribution in [0.25, 0.3) is 0 Å². The molecule has 4 aliphatic rings. The van der Waals surface area contributed by atoms with Crippen LogP contribution in [0.5, 0.6) is 11.5 Å². The molecule has 4 fully saturated rings. The van der Waals surface area contributed by atoms with Crippen LogP contribution >= 0.6 is 0 Å². The number of alkyl halides is 6. The zero-order valence-corrected chi connectivity index (χ0v) is 25.0. The lowest BCUT2D eigenvalue weighted by atomic mass is 9.49. The number of halogens is 6. The first-order valence-corrected chi connectivity index (χ1v) is 15.6. The van der Waals surface area contributed by atoms with Gasteiger partial charge in [-0.2, -0.15) is 26.3 Å². The Morgan fingerprint density at radius 1 is 0.804 bits per heavy atom. The van der Waals surface area contributed by atoms with Crippen molar-refractivity contribution in [1.82, 2.24) is 0 Å². The molecule has 2 unspecified atom stereocenters. The predicted octanol–water partition coefficient (Wildman–Crippen LogP) is 7.83. The summed E-state index contributed by atoms with van der Waals surface area (Å²) in [5.74, 6) is -2.35. The van der Waals surface area contributed by atoms with E-state index in [0.29, 0.717) is 19.3 Å². The second-order valence-electron chi connectivity index (χ2n) is 12.1. The molecule has 0 radical (unpaired) electrons. The third-order valence-electron chi connectivity index (χ3n) is 9.18. The molecule has 0 saturated heterocycles. The molecule has 0 aliphatic heterocycles. The van der Waals surface area contributed by atoms with Crippen molar-refractivity contribution in [2.24, 2.45) is 23.2 Å². The Bertz CT molecular complexity index is 1620. The number of carboxylic acid groups (broad SMARTS) is 1. The minimum atomic E-state index is -4.67. The predicted molar refractivity (Wildman–Crippen MR) is 152 cm³/mol. The number of esters is 1. The molecule has 3 aromatic carbocycles. The summed E-state index contributed by atoms with van der Waals surface area (Å²) >= 11 is 0. The summed E-state index contributed by atoms with van der Waals surface area (Å²) in [7, 11) is -0.331. The Morgan fingerprint density at radius 3 is 1.74 bits per heavy atom. The van der Waals surface area contributed by atoms with Gasteiger partial charge in [0.05, 0.1) is 23.7 Å². The highest BCUT2D eigenvalue weighted by Gasteiger charge is 2.59. The summed E-state index contributed by atoms with van der Waals surface area (Å²) in [6.45, 7) is 0. The van der Waals surface area contributed by atoms with Gasteiger partial charge in [-0.05, 0) is 86.6 Å². The van der Waals surface area contributed by atoms with E-state index in [2.05, 4.69) is 0 Å². The topological polar surface area (TPSA) is 89.9 Å². The fourth-order valence-electron chi connectivity index (χ4n) is 7.27. The Kier molecular flexibility index (Phi) is 7.89. The Morgan fingerprint density at radius 2 is 1.30 bits per heavy atom. The molecule has 4 aliphatic carbocycles. The lowest BCUT2D eigenvalue weighted by Crippen LogP contribution is -2.55. The second-order valence-corrected chi connectivity index (χ2v) is 14.1. The molecule has 242 valence electrons. The number of benzene rings is 3. The summed E-state index contributed by atoms with van der Waals surface area (Å²) in [6, 6.07) is 10.1. The number of methoxy groups -OCH3 is 1. The van der Waals surface area contributed by atoms with Crippen LogP contribution in [-0.4, -0.2) is 29.9 Å². The van der Waals surface area contributed by atoms with Crippen LogP contribution in [0.15, 0.2) is 75.4 Å². The number of carbonyl (C=O) groups is 3. The van der Waals surface area contributed by atoms with Gasteiger partial charge in [0.2, 0.25) is 0 Å². The number of carbonyl (C=O) groups excluding carboxylic acids is 2. The minimum absolute atomic E-state index is 0.0173. The molecule has 4 bridgehead atoms. The van der Waals surface area contributed by atoms with Crippen LogP contribution < -0.4 is 9.47 Å². The molecule has 4 saturated carbocycles. The second kappa shape index (κ2) is 11.4. The third-order valence-corrected chi connectivity index (χ3v) is 11.4. The third kappa shape index (κ3) is 5.73. The van der Waals surface area contributed by atoms with Gasteiger partial charge in [0, 0.05) is 24.0 Å². The first-order chi connectivity index (χ1) is 21.6. The SMILES string of the molecule is COc1cc(C(=O)O)c([S+](c2ccc(C(F)(F)F)cc2)c2ccc(C(F)(F)F)cc2)cc1OC(=O)C12CC3CC(C1)C(=O)C(C3)C2. The highest BCUT2D eigenvalue weighted by molar-refractivity contribution is 7.97. The van der Waals surface area contributed by atoms with Crippen molar-refractivity contribution >= 4 is 28.6 Å². The van der Waals surface area contributed by atoms with E-state index in [1.54, 1.807) is 0 Å². The Labute approximate surface area is 262 Å². The molecule has 13 heteroatoms. The van der Waals surface area contributed by atoms with E-state index >= 15 is 0 Å².